The Morgan fingerprint density at radius 1 is 1.24 bits per heavy atom. The number of carbonyl (C=O) groups is 2. The average Bonchev–Trinajstić information content (AvgIpc) is 2.61. The highest BCUT2D eigenvalue weighted by molar-refractivity contribution is 6.31. The molecule has 128 valence electrons. The summed E-state index contributed by atoms with van der Waals surface area (Å²) in [6.07, 6.45) is -0.0636. The van der Waals surface area contributed by atoms with Crippen molar-refractivity contribution in [3.63, 3.8) is 0 Å². The van der Waals surface area contributed by atoms with E-state index in [0.717, 1.165) is 0 Å². The Bertz CT molecular complexity index is 817. The van der Waals surface area contributed by atoms with Crippen LogP contribution >= 0.6 is 11.6 Å². The Labute approximate surface area is 150 Å². The second kappa shape index (κ2) is 8.71. The number of rotatable bonds is 5. The van der Waals surface area contributed by atoms with Gasteiger partial charge >= 0.3 is 12.0 Å². The van der Waals surface area contributed by atoms with Gasteiger partial charge in [0.15, 0.2) is 0 Å². The first-order valence-electron chi connectivity index (χ1n) is 7.42. The summed E-state index contributed by atoms with van der Waals surface area (Å²) in [5.74, 6) is -0.475. The fraction of sp³-hybridized carbons (Fsp3) is 0.167. The number of urea groups is 1. The van der Waals surface area contributed by atoms with E-state index in [1.54, 1.807) is 48.5 Å². The van der Waals surface area contributed by atoms with Gasteiger partial charge in [-0.3, -0.25) is 4.79 Å². The molecule has 2 aromatic rings. The molecular formula is C18H16ClN3O3. The number of methoxy groups -OCH3 is 1. The molecule has 1 atom stereocenters. The molecule has 0 aliphatic carbocycles. The summed E-state index contributed by atoms with van der Waals surface area (Å²) in [5.41, 5.74) is 1.50. The molecule has 2 aromatic carbocycles. The van der Waals surface area contributed by atoms with Crippen molar-refractivity contribution >= 4 is 29.3 Å². The lowest BCUT2D eigenvalue weighted by atomic mass is 10.0. The average molecular weight is 358 g/mol. The van der Waals surface area contributed by atoms with Gasteiger partial charge in [-0.15, -0.1) is 0 Å². The molecule has 0 radical (unpaired) electrons. The number of esters is 1. The third-order valence-corrected chi connectivity index (χ3v) is 3.78. The van der Waals surface area contributed by atoms with Gasteiger partial charge in [-0.2, -0.15) is 5.26 Å². The number of ether oxygens (including phenoxy) is 1. The zero-order valence-corrected chi connectivity index (χ0v) is 14.2. The molecule has 0 spiro atoms. The molecule has 1 unspecified atom stereocenters. The number of anilines is 1. The van der Waals surface area contributed by atoms with Crippen molar-refractivity contribution in [2.24, 2.45) is 0 Å². The first-order chi connectivity index (χ1) is 12.0. The standard InChI is InChI=1S/C18H16ClN3O3/c1-25-17(23)10-16(14-7-2-3-8-15(14)19)22-18(24)21-13-6-4-5-12(9-13)11-20/h2-9,16H,10H2,1H3,(H2,21,22,24). The summed E-state index contributed by atoms with van der Waals surface area (Å²) in [7, 11) is 1.28. The summed E-state index contributed by atoms with van der Waals surface area (Å²) >= 11 is 6.17. The molecule has 0 heterocycles. The van der Waals surface area contributed by atoms with E-state index in [4.69, 9.17) is 16.9 Å². The van der Waals surface area contributed by atoms with Gasteiger partial charge in [0.2, 0.25) is 0 Å². The molecule has 0 aliphatic heterocycles. The summed E-state index contributed by atoms with van der Waals surface area (Å²) in [6, 6.07) is 14.2. The lowest BCUT2D eigenvalue weighted by Gasteiger charge is -2.19. The van der Waals surface area contributed by atoms with E-state index >= 15 is 0 Å². The molecule has 2 amide bonds. The maximum absolute atomic E-state index is 12.3. The molecule has 2 N–H and O–H groups in total. The van der Waals surface area contributed by atoms with Crippen molar-refractivity contribution in [1.82, 2.24) is 5.32 Å². The zero-order chi connectivity index (χ0) is 18.2. The molecule has 0 bridgehead atoms. The summed E-state index contributed by atoms with van der Waals surface area (Å²) < 4.78 is 4.68. The number of amides is 2. The van der Waals surface area contributed by atoms with E-state index in [-0.39, 0.29) is 6.42 Å². The Balaban J connectivity index is 2.15. The minimum absolute atomic E-state index is 0.0636. The van der Waals surface area contributed by atoms with Crippen molar-refractivity contribution in [3.05, 3.63) is 64.7 Å². The third-order valence-electron chi connectivity index (χ3n) is 3.43. The minimum atomic E-state index is -0.653. The van der Waals surface area contributed by atoms with E-state index < -0.39 is 18.0 Å². The Hall–Kier alpha value is -3.04. The van der Waals surface area contributed by atoms with E-state index in [0.29, 0.717) is 21.8 Å². The van der Waals surface area contributed by atoms with Crippen LogP contribution in [0.5, 0.6) is 0 Å². The van der Waals surface area contributed by atoms with Crippen LogP contribution in [0.15, 0.2) is 48.5 Å². The van der Waals surface area contributed by atoms with Crippen LogP contribution in [0.4, 0.5) is 10.5 Å². The Kier molecular flexibility index (Phi) is 6.38. The number of carbonyl (C=O) groups excluding carboxylic acids is 2. The maximum atomic E-state index is 12.3. The first kappa shape index (κ1) is 18.3. The van der Waals surface area contributed by atoms with Crippen LogP contribution in [-0.2, 0) is 9.53 Å². The van der Waals surface area contributed by atoms with Gasteiger partial charge < -0.3 is 15.4 Å². The van der Waals surface area contributed by atoms with Crippen molar-refractivity contribution in [2.75, 3.05) is 12.4 Å². The van der Waals surface area contributed by atoms with Gasteiger partial charge in [0.1, 0.15) is 0 Å². The van der Waals surface area contributed by atoms with Crippen molar-refractivity contribution in [2.45, 2.75) is 12.5 Å². The molecule has 0 aromatic heterocycles. The highest BCUT2D eigenvalue weighted by atomic mass is 35.5. The number of hydrogen-bond donors (Lipinski definition) is 2. The monoisotopic (exact) mass is 357 g/mol. The summed E-state index contributed by atoms with van der Waals surface area (Å²) in [6.45, 7) is 0. The largest absolute Gasteiger partial charge is 0.469 e. The van der Waals surface area contributed by atoms with Crippen molar-refractivity contribution < 1.29 is 14.3 Å². The van der Waals surface area contributed by atoms with Crippen LogP contribution in [0.2, 0.25) is 5.02 Å². The quantitative estimate of drug-likeness (QED) is 0.799. The second-order valence-corrected chi connectivity index (χ2v) is 5.55. The third kappa shape index (κ3) is 5.23. The fourth-order valence-corrected chi connectivity index (χ4v) is 2.51. The Morgan fingerprint density at radius 3 is 2.68 bits per heavy atom. The number of halogens is 1. The number of hydrogen-bond acceptors (Lipinski definition) is 4. The topological polar surface area (TPSA) is 91.2 Å². The predicted octanol–water partition coefficient (Wildman–Crippen LogP) is 3.64. The van der Waals surface area contributed by atoms with Crippen LogP contribution in [0, 0.1) is 11.3 Å². The zero-order valence-electron chi connectivity index (χ0n) is 13.5. The van der Waals surface area contributed by atoms with Crippen molar-refractivity contribution in [1.29, 1.82) is 5.26 Å². The molecule has 6 nitrogen and oxygen atoms in total. The number of nitrogens with zero attached hydrogens (tertiary/aromatic N) is 1. The fourth-order valence-electron chi connectivity index (χ4n) is 2.24. The number of nitriles is 1. The molecule has 0 saturated heterocycles. The van der Waals surface area contributed by atoms with Gasteiger partial charge in [0.05, 0.1) is 31.2 Å². The number of nitrogens with one attached hydrogen (secondary N) is 2. The van der Waals surface area contributed by atoms with Gasteiger partial charge in [0.25, 0.3) is 0 Å². The minimum Gasteiger partial charge on any atom is -0.469 e. The lowest BCUT2D eigenvalue weighted by molar-refractivity contribution is -0.141. The molecule has 0 aliphatic rings. The smallest absolute Gasteiger partial charge is 0.319 e. The molecule has 2 rings (SSSR count). The second-order valence-electron chi connectivity index (χ2n) is 5.15. The van der Waals surface area contributed by atoms with Crippen LogP contribution in [0.1, 0.15) is 23.6 Å². The summed E-state index contributed by atoms with van der Waals surface area (Å²) in [5, 5.41) is 14.7. The van der Waals surface area contributed by atoms with Crippen LogP contribution in [-0.4, -0.2) is 19.1 Å². The summed E-state index contributed by atoms with van der Waals surface area (Å²) in [4.78, 5) is 23.9. The van der Waals surface area contributed by atoms with E-state index in [2.05, 4.69) is 15.4 Å². The lowest BCUT2D eigenvalue weighted by Crippen LogP contribution is -2.34. The molecule has 7 heteroatoms. The SMILES string of the molecule is COC(=O)CC(NC(=O)Nc1cccc(C#N)c1)c1ccccc1Cl. The number of benzene rings is 2. The molecular weight excluding hydrogens is 342 g/mol. The Morgan fingerprint density at radius 2 is 2.00 bits per heavy atom. The normalized spacial score (nSPS) is 11.1. The van der Waals surface area contributed by atoms with Gasteiger partial charge in [0, 0.05) is 10.7 Å². The van der Waals surface area contributed by atoms with Crippen molar-refractivity contribution in [3.8, 4) is 6.07 Å². The highest BCUT2D eigenvalue weighted by Crippen LogP contribution is 2.25. The van der Waals surface area contributed by atoms with E-state index in [1.807, 2.05) is 6.07 Å². The predicted molar refractivity (Wildman–Crippen MR) is 94.1 cm³/mol. The molecule has 0 fully saturated rings. The van der Waals surface area contributed by atoms with E-state index in [9.17, 15) is 9.59 Å². The molecule has 0 saturated carbocycles. The van der Waals surface area contributed by atoms with Crippen LogP contribution < -0.4 is 10.6 Å². The van der Waals surface area contributed by atoms with Gasteiger partial charge in [-0.1, -0.05) is 35.9 Å². The van der Waals surface area contributed by atoms with Gasteiger partial charge in [-0.05, 0) is 29.8 Å². The first-order valence-corrected chi connectivity index (χ1v) is 7.80. The van der Waals surface area contributed by atoms with Crippen LogP contribution in [0.25, 0.3) is 0 Å². The highest BCUT2D eigenvalue weighted by Gasteiger charge is 2.21. The molecule has 25 heavy (non-hydrogen) atoms. The van der Waals surface area contributed by atoms with Crippen LogP contribution in [0.3, 0.4) is 0 Å². The van der Waals surface area contributed by atoms with E-state index in [1.165, 1.54) is 7.11 Å². The van der Waals surface area contributed by atoms with Gasteiger partial charge in [-0.25, -0.2) is 4.79 Å². The maximum Gasteiger partial charge on any atom is 0.319 e.